The maximum absolute atomic E-state index is 11.5. The van der Waals surface area contributed by atoms with E-state index in [1.54, 1.807) is 0 Å². The molecule has 0 unspecified atom stereocenters. The standard InChI is InChI=1S/C15H26N6O2/c1-9(8-22)19-14-18-7-11(16)12(21-14)20-10-3-5-15(2,6-4-10)13(17)23/h7,9-10,22H,3-6,8,16H2,1-2H3,(H2,17,23)(H2,18,19,20,21)/t9-,10-,15-/m0/s1. The molecule has 1 heterocycles. The van der Waals surface area contributed by atoms with Gasteiger partial charge in [0.25, 0.3) is 0 Å². The number of amides is 1. The summed E-state index contributed by atoms with van der Waals surface area (Å²) in [5, 5.41) is 15.4. The van der Waals surface area contributed by atoms with E-state index in [4.69, 9.17) is 16.6 Å². The third kappa shape index (κ3) is 4.22. The molecule has 1 aliphatic rings. The fraction of sp³-hybridized carbons (Fsp3) is 0.667. The number of aliphatic hydroxyl groups excluding tert-OH is 1. The molecule has 1 saturated carbocycles. The molecule has 8 nitrogen and oxygen atoms in total. The van der Waals surface area contributed by atoms with Crippen LogP contribution in [-0.2, 0) is 4.79 Å². The van der Waals surface area contributed by atoms with Crippen LogP contribution < -0.4 is 22.1 Å². The quantitative estimate of drug-likeness (QED) is 0.519. The summed E-state index contributed by atoms with van der Waals surface area (Å²) in [6, 6.07) is 0.0557. The van der Waals surface area contributed by atoms with Crippen molar-refractivity contribution in [3.05, 3.63) is 6.20 Å². The van der Waals surface area contributed by atoms with Crippen molar-refractivity contribution in [3.63, 3.8) is 0 Å². The smallest absolute Gasteiger partial charge is 0.225 e. The Bertz CT molecular complexity index is 557. The number of carbonyl (C=O) groups excluding carboxylic acids is 1. The van der Waals surface area contributed by atoms with Crippen LogP contribution in [0, 0.1) is 5.41 Å². The molecule has 0 aromatic carbocycles. The number of nitrogens with zero attached hydrogens (tertiary/aromatic N) is 2. The molecule has 0 bridgehead atoms. The molecule has 128 valence electrons. The second kappa shape index (κ2) is 6.99. The van der Waals surface area contributed by atoms with Crippen LogP contribution >= 0.6 is 0 Å². The van der Waals surface area contributed by atoms with Gasteiger partial charge in [0.15, 0.2) is 5.82 Å². The van der Waals surface area contributed by atoms with Crippen molar-refractivity contribution in [3.8, 4) is 0 Å². The number of aliphatic hydroxyl groups is 1. The Morgan fingerprint density at radius 3 is 2.74 bits per heavy atom. The molecule has 0 radical (unpaired) electrons. The molecule has 1 aromatic heterocycles. The number of primary amides is 1. The van der Waals surface area contributed by atoms with E-state index < -0.39 is 5.41 Å². The van der Waals surface area contributed by atoms with E-state index in [1.807, 2.05) is 13.8 Å². The van der Waals surface area contributed by atoms with Gasteiger partial charge in [0.1, 0.15) is 0 Å². The van der Waals surface area contributed by atoms with E-state index in [1.165, 1.54) is 6.20 Å². The Hall–Kier alpha value is -2.09. The molecule has 1 aliphatic carbocycles. The average Bonchev–Trinajstić information content (AvgIpc) is 2.52. The number of hydrogen-bond donors (Lipinski definition) is 5. The molecular weight excluding hydrogens is 296 g/mol. The van der Waals surface area contributed by atoms with Crippen LogP contribution in [0.3, 0.4) is 0 Å². The highest BCUT2D eigenvalue weighted by Gasteiger charge is 2.36. The monoisotopic (exact) mass is 322 g/mol. The number of anilines is 3. The summed E-state index contributed by atoms with van der Waals surface area (Å²) in [7, 11) is 0. The summed E-state index contributed by atoms with van der Waals surface area (Å²) in [6.45, 7) is 3.74. The first kappa shape index (κ1) is 17.3. The molecule has 0 aliphatic heterocycles. The van der Waals surface area contributed by atoms with Crippen LogP contribution in [0.5, 0.6) is 0 Å². The second-order valence-electron chi connectivity index (χ2n) is 6.57. The first-order chi connectivity index (χ1) is 10.8. The van der Waals surface area contributed by atoms with Crippen LogP contribution in [-0.4, -0.2) is 39.7 Å². The van der Waals surface area contributed by atoms with Crippen molar-refractivity contribution in [1.82, 2.24) is 9.97 Å². The summed E-state index contributed by atoms with van der Waals surface area (Å²) in [5.74, 6) is 0.753. The van der Waals surface area contributed by atoms with Crippen LogP contribution in [0.1, 0.15) is 39.5 Å². The molecule has 23 heavy (non-hydrogen) atoms. The van der Waals surface area contributed by atoms with Crippen molar-refractivity contribution >= 4 is 23.4 Å². The highest BCUT2D eigenvalue weighted by Crippen LogP contribution is 2.36. The number of nitrogen functional groups attached to an aromatic ring is 1. The molecule has 1 amide bonds. The minimum absolute atomic E-state index is 0.00910. The van der Waals surface area contributed by atoms with Gasteiger partial charge in [0.2, 0.25) is 11.9 Å². The molecule has 7 N–H and O–H groups in total. The highest BCUT2D eigenvalue weighted by atomic mass is 16.3. The molecule has 0 spiro atoms. The van der Waals surface area contributed by atoms with Gasteiger partial charge >= 0.3 is 0 Å². The van der Waals surface area contributed by atoms with E-state index >= 15 is 0 Å². The summed E-state index contributed by atoms with van der Waals surface area (Å²) in [5.41, 5.74) is 11.5. The van der Waals surface area contributed by atoms with Crippen LogP contribution in [0.25, 0.3) is 0 Å². The summed E-state index contributed by atoms with van der Waals surface area (Å²) >= 11 is 0. The van der Waals surface area contributed by atoms with Crippen LogP contribution in [0.15, 0.2) is 6.20 Å². The minimum Gasteiger partial charge on any atom is -0.394 e. The van der Waals surface area contributed by atoms with Crippen molar-refractivity contribution in [2.45, 2.75) is 51.6 Å². The van der Waals surface area contributed by atoms with Crippen molar-refractivity contribution in [2.75, 3.05) is 23.0 Å². The van der Waals surface area contributed by atoms with Crippen LogP contribution in [0.4, 0.5) is 17.5 Å². The predicted molar refractivity (Wildman–Crippen MR) is 89.8 cm³/mol. The van der Waals surface area contributed by atoms with Gasteiger partial charge in [-0.25, -0.2) is 4.98 Å². The molecule has 1 fully saturated rings. The Morgan fingerprint density at radius 2 is 2.17 bits per heavy atom. The lowest BCUT2D eigenvalue weighted by Gasteiger charge is -2.35. The number of rotatable bonds is 6. The Labute approximate surface area is 136 Å². The lowest BCUT2D eigenvalue weighted by atomic mass is 9.73. The van der Waals surface area contributed by atoms with Gasteiger partial charge in [-0.3, -0.25) is 4.79 Å². The van der Waals surface area contributed by atoms with Gasteiger partial charge in [-0.15, -0.1) is 0 Å². The largest absolute Gasteiger partial charge is 0.394 e. The Kier molecular flexibility index (Phi) is 5.25. The van der Waals surface area contributed by atoms with Crippen LogP contribution in [0.2, 0.25) is 0 Å². The third-order valence-electron chi connectivity index (χ3n) is 4.49. The third-order valence-corrected chi connectivity index (χ3v) is 4.49. The average molecular weight is 322 g/mol. The molecule has 2 rings (SSSR count). The maximum Gasteiger partial charge on any atom is 0.225 e. The SMILES string of the molecule is C[C@@H](CO)Nc1ncc(N)c(N[C@H]2CC[C@](C)(C(N)=O)CC2)n1. The van der Waals surface area contributed by atoms with Gasteiger partial charge in [-0.1, -0.05) is 6.92 Å². The number of aromatic nitrogens is 2. The number of hydrogen-bond acceptors (Lipinski definition) is 7. The molecular formula is C15H26N6O2. The lowest BCUT2D eigenvalue weighted by Crippen LogP contribution is -2.40. The van der Waals surface area contributed by atoms with Crippen molar-refractivity contribution < 1.29 is 9.90 Å². The summed E-state index contributed by atoms with van der Waals surface area (Å²) in [4.78, 5) is 20.0. The molecule has 1 atom stereocenters. The fourth-order valence-electron chi connectivity index (χ4n) is 2.68. The lowest BCUT2D eigenvalue weighted by molar-refractivity contribution is -0.128. The Morgan fingerprint density at radius 1 is 1.52 bits per heavy atom. The van der Waals surface area contributed by atoms with Gasteiger partial charge in [0, 0.05) is 17.5 Å². The van der Waals surface area contributed by atoms with E-state index in [9.17, 15) is 4.79 Å². The molecule has 0 saturated heterocycles. The van der Waals surface area contributed by atoms with E-state index in [0.29, 0.717) is 17.5 Å². The molecule has 8 heteroatoms. The predicted octanol–water partition coefficient (Wildman–Crippen LogP) is 0.698. The number of nitrogens with two attached hydrogens (primary N) is 2. The zero-order chi connectivity index (χ0) is 17.0. The second-order valence-corrected chi connectivity index (χ2v) is 6.57. The summed E-state index contributed by atoms with van der Waals surface area (Å²) < 4.78 is 0. The first-order valence-electron chi connectivity index (χ1n) is 7.90. The zero-order valence-electron chi connectivity index (χ0n) is 13.7. The highest BCUT2D eigenvalue weighted by molar-refractivity contribution is 5.80. The van der Waals surface area contributed by atoms with Gasteiger partial charge in [0.05, 0.1) is 18.5 Å². The van der Waals surface area contributed by atoms with E-state index in [-0.39, 0.29) is 24.6 Å². The van der Waals surface area contributed by atoms with Gasteiger partial charge < -0.3 is 27.2 Å². The van der Waals surface area contributed by atoms with Gasteiger partial charge in [-0.05, 0) is 32.6 Å². The molecule has 1 aromatic rings. The normalized spacial score (nSPS) is 25.6. The Balaban J connectivity index is 2.00. The van der Waals surface area contributed by atoms with E-state index in [2.05, 4.69) is 20.6 Å². The maximum atomic E-state index is 11.5. The summed E-state index contributed by atoms with van der Waals surface area (Å²) in [6.07, 6.45) is 4.70. The topological polar surface area (TPSA) is 139 Å². The minimum atomic E-state index is -0.418. The fourth-order valence-corrected chi connectivity index (χ4v) is 2.68. The van der Waals surface area contributed by atoms with Crippen molar-refractivity contribution in [1.29, 1.82) is 0 Å². The van der Waals surface area contributed by atoms with Crippen molar-refractivity contribution in [2.24, 2.45) is 11.1 Å². The zero-order valence-corrected chi connectivity index (χ0v) is 13.7. The number of nitrogens with one attached hydrogen (secondary N) is 2. The van der Waals surface area contributed by atoms with Gasteiger partial charge in [-0.2, -0.15) is 4.98 Å². The van der Waals surface area contributed by atoms with E-state index in [0.717, 1.165) is 25.7 Å². The first-order valence-corrected chi connectivity index (χ1v) is 7.90. The number of carbonyl (C=O) groups is 1.